The van der Waals surface area contributed by atoms with Crippen molar-refractivity contribution in [2.24, 2.45) is 0 Å². The maximum Gasteiger partial charge on any atom is 0.330 e. The van der Waals surface area contributed by atoms with Crippen LogP contribution in [0.4, 0.5) is 0 Å². The Balaban J connectivity index is 2.25. The molecule has 0 spiro atoms. The normalized spacial score (nSPS) is 11.9. The van der Waals surface area contributed by atoms with Crippen molar-refractivity contribution in [3.8, 4) is 0 Å². The van der Waals surface area contributed by atoms with Gasteiger partial charge in [-0.3, -0.25) is 4.79 Å². The molecule has 5 nitrogen and oxygen atoms in total. The SMILES string of the molecule is O=C(N[C@@H](C(=O)O)c1ccccc1Cl)c1cc(Br)c[nH]1. The highest BCUT2D eigenvalue weighted by molar-refractivity contribution is 9.10. The summed E-state index contributed by atoms with van der Waals surface area (Å²) in [7, 11) is 0. The number of carbonyl (C=O) groups excluding carboxylic acids is 1. The second kappa shape index (κ2) is 6.11. The van der Waals surface area contributed by atoms with Crippen LogP contribution in [0.25, 0.3) is 0 Å². The zero-order valence-corrected chi connectivity index (χ0v) is 12.4. The maximum absolute atomic E-state index is 12.0. The minimum absolute atomic E-state index is 0.259. The van der Waals surface area contributed by atoms with Crippen molar-refractivity contribution in [2.45, 2.75) is 6.04 Å². The van der Waals surface area contributed by atoms with E-state index in [1.807, 2.05) is 0 Å². The number of carboxylic acids is 1. The van der Waals surface area contributed by atoms with Gasteiger partial charge in [0.05, 0.1) is 0 Å². The molecule has 7 heteroatoms. The van der Waals surface area contributed by atoms with Crippen molar-refractivity contribution in [3.63, 3.8) is 0 Å². The van der Waals surface area contributed by atoms with E-state index < -0.39 is 17.9 Å². The lowest BCUT2D eigenvalue weighted by Gasteiger charge is -2.15. The molecule has 1 heterocycles. The quantitative estimate of drug-likeness (QED) is 0.787. The van der Waals surface area contributed by atoms with Gasteiger partial charge >= 0.3 is 5.97 Å². The molecule has 0 aliphatic heterocycles. The summed E-state index contributed by atoms with van der Waals surface area (Å²) in [5.74, 6) is -1.71. The van der Waals surface area contributed by atoms with E-state index in [4.69, 9.17) is 11.6 Å². The van der Waals surface area contributed by atoms with Crippen molar-refractivity contribution in [1.82, 2.24) is 10.3 Å². The van der Waals surface area contributed by atoms with E-state index in [-0.39, 0.29) is 10.7 Å². The van der Waals surface area contributed by atoms with Crippen molar-refractivity contribution in [3.05, 3.63) is 57.3 Å². The van der Waals surface area contributed by atoms with E-state index in [0.29, 0.717) is 10.0 Å². The van der Waals surface area contributed by atoms with Crippen LogP contribution in [0.3, 0.4) is 0 Å². The molecule has 1 aromatic heterocycles. The van der Waals surface area contributed by atoms with E-state index in [1.165, 1.54) is 0 Å². The Bertz CT molecular complexity index is 657. The number of aliphatic carboxylic acids is 1. The second-order valence-corrected chi connectivity index (χ2v) is 5.32. The molecular weight excluding hydrogens is 348 g/mol. The fourth-order valence-corrected chi connectivity index (χ4v) is 2.28. The average Bonchev–Trinajstić information content (AvgIpc) is 2.83. The summed E-state index contributed by atoms with van der Waals surface area (Å²) < 4.78 is 0.701. The van der Waals surface area contributed by atoms with Gasteiger partial charge in [-0.05, 0) is 28.1 Å². The van der Waals surface area contributed by atoms with Crippen LogP contribution in [-0.2, 0) is 4.79 Å². The lowest BCUT2D eigenvalue weighted by atomic mass is 10.1. The number of carboxylic acid groups (broad SMARTS) is 1. The first-order valence-electron chi connectivity index (χ1n) is 5.61. The zero-order valence-electron chi connectivity index (χ0n) is 10.1. The molecule has 1 atom stereocenters. The number of benzene rings is 1. The number of halogens is 2. The second-order valence-electron chi connectivity index (χ2n) is 4.00. The van der Waals surface area contributed by atoms with E-state index in [9.17, 15) is 14.7 Å². The van der Waals surface area contributed by atoms with Crippen molar-refractivity contribution in [1.29, 1.82) is 0 Å². The van der Waals surface area contributed by atoms with Crippen LogP contribution in [-0.4, -0.2) is 22.0 Å². The Hall–Kier alpha value is -1.79. The number of aromatic nitrogens is 1. The summed E-state index contributed by atoms with van der Waals surface area (Å²) in [6.45, 7) is 0. The van der Waals surface area contributed by atoms with Gasteiger partial charge in [0.2, 0.25) is 0 Å². The van der Waals surface area contributed by atoms with Gasteiger partial charge in [-0.25, -0.2) is 4.79 Å². The van der Waals surface area contributed by atoms with Gasteiger partial charge in [-0.2, -0.15) is 0 Å². The number of carbonyl (C=O) groups is 2. The zero-order chi connectivity index (χ0) is 14.7. The number of hydrogen-bond acceptors (Lipinski definition) is 2. The van der Waals surface area contributed by atoms with E-state index in [1.54, 1.807) is 36.5 Å². The van der Waals surface area contributed by atoms with Gasteiger partial charge in [0.25, 0.3) is 5.91 Å². The standard InChI is InChI=1S/C13H10BrClN2O3/c14-7-5-10(16-6-7)12(18)17-11(13(19)20)8-3-1-2-4-9(8)15/h1-6,11,16H,(H,17,18)(H,19,20)/t11-/m1/s1. The summed E-state index contributed by atoms with van der Waals surface area (Å²) in [5.41, 5.74) is 0.593. The topological polar surface area (TPSA) is 82.2 Å². The Morgan fingerprint density at radius 1 is 1.35 bits per heavy atom. The molecule has 0 saturated carbocycles. The van der Waals surface area contributed by atoms with E-state index in [0.717, 1.165) is 0 Å². The lowest BCUT2D eigenvalue weighted by Crippen LogP contribution is -2.34. The first-order valence-corrected chi connectivity index (χ1v) is 6.78. The van der Waals surface area contributed by atoms with Crippen molar-refractivity contribution >= 4 is 39.4 Å². The molecule has 2 aromatic rings. The molecule has 1 amide bonds. The fraction of sp³-hybridized carbons (Fsp3) is 0.0769. The molecule has 0 fully saturated rings. The summed E-state index contributed by atoms with van der Waals surface area (Å²) in [4.78, 5) is 26.0. The number of amides is 1. The van der Waals surface area contributed by atoms with Crippen LogP contribution in [0, 0.1) is 0 Å². The number of nitrogens with one attached hydrogen (secondary N) is 2. The first kappa shape index (κ1) is 14.6. The Morgan fingerprint density at radius 3 is 2.60 bits per heavy atom. The maximum atomic E-state index is 12.0. The number of hydrogen-bond donors (Lipinski definition) is 3. The van der Waals surface area contributed by atoms with Crippen molar-refractivity contribution in [2.75, 3.05) is 0 Å². The predicted molar refractivity (Wildman–Crippen MR) is 77.8 cm³/mol. The molecule has 0 aliphatic carbocycles. The highest BCUT2D eigenvalue weighted by Crippen LogP contribution is 2.23. The number of aromatic amines is 1. The van der Waals surface area contributed by atoms with E-state index >= 15 is 0 Å². The van der Waals surface area contributed by atoms with Crippen LogP contribution >= 0.6 is 27.5 Å². The Kier molecular flexibility index (Phi) is 4.46. The third-order valence-electron chi connectivity index (χ3n) is 2.63. The highest BCUT2D eigenvalue weighted by Gasteiger charge is 2.25. The molecule has 2 rings (SSSR count). The number of H-pyrrole nitrogens is 1. The summed E-state index contributed by atoms with van der Waals surface area (Å²) >= 11 is 9.17. The van der Waals surface area contributed by atoms with Gasteiger partial charge in [0.1, 0.15) is 5.69 Å². The smallest absolute Gasteiger partial charge is 0.330 e. The highest BCUT2D eigenvalue weighted by atomic mass is 79.9. The molecule has 104 valence electrons. The molecule has 20 heavy (non-hydrogen) atoms. The third-order valence-corrected chi connectivity index (χ3v) is 3.43. The molecule has 0 radical (unpaired) electrons. The molecule has 3 N–H and O–H groups in total. The Labute approximate surface area is 128 Å². The van der Waals surface area contributed by atoms with Gasteiger partial charge in [-0.15, -0.1) is 0 Å². The van der Waals surface area contributed by atoms with Crippen LogP contribution in [0.15, 0.2) is 41.0 Å². The summed E-state index contributed by atoms with van der Waals surface area (Å²) in [6.07, 6.45) is 1.58. The first-order chi connectivity index (χ1) is 9.49. The molecule has 0 unspecified atom stereocenters. The average molecular weight is 358 g/mol. The van der Waals surface area contributed by atoms with Crippen LogP contribution in [0.5, 0.6) is 0 Å². The number of rotatable bonds is 4. The molecule has 0 saturated heterocycles. The molecule has 0 bridgehead atoms. The largest absolute Gasteiger partial charge is 0.479 e. The molecule has 0 aliphatic rings. The Morgan fingerprint density at radius 2 is 2.05 bits per heavy atom. The van der Waals surface area contributed by atoms with Crippen LogP contribution in [0.2, 0.25) is 5.02 Å². The van der Waals surface area contributed by atoms with Gasteiger partial charge in [-0.1, -0.05) is 29.8 Å². The minimum Gasteiger partial charge on any atom is -0.479 e. The molecular formula is C13H10BrClN2O3. The monoisotopic (exact) mass is 356 g/mol. The fourth-order valence-electron chi connectivity index (χ4n) is 1.69. The van der Waals surface area contributed by atoms with Crippen LogP contribution in [0.1, 0.15) is 22.1 Å². The van der Waals surface area contributed by atoms with Gasteiger partial charge in [0, 0.05) is 21.3 Å². The summed E-state index contributed by atoms with van der Waals surface area (Å²) in [6, 6.07) is 6.83. The minimum atomic E-state index is -1.21. The van der Waals surface area contributed by atoms with Gasteiger partial charge in [0.15, 0.2) is 6.04 Å². The van der Waals surface area contributed by atoms with Gasteiger partial charge < -0.3 is 15.4 Å². The van der Waals surface area contributed by atoms with E-state index in [2.05, 4.69) is 26.2 Å². The van der Waals surface area contributed by atoms with Crippen molar-refractivity contribution < 1.29 is 14.7 Å². The lowest BCUT2D eigenvalue weighted by molar-refractivity contribution is -0.139. The predicted octanol–water partition coefficient (Wildman–Crippen LogP) is 2.99. The van der Waals surface area contributed by atoms with Crippen LogP contribution < -0.4 is 5.32 Å². The third kappa shape index (κ3) is 3.20. The summed E-state index contributed by atoms with van der Waals surface area (Å²) in [5, 5.41) is 12.0. The molecule has 1 aromatic carbocycles.